The number of hydrogen-bond acceptors (Lipinski definition) is 6. The SMILES string of the molecule is CCN(C(=O)c1cccc(Nc2ncccn2)c1)[C@@H]1CCOC2(CCN(C(C)C)CC2)C1. The number of anilines is 2. The first kappa shape index (κ1) is 22.7. The minimum Gasteiger partial charge on any atom is -0.375 e. The summed E-state index contributed by atoms with van der Waals surface area (Å²) in [5.74, 6) is 0.593. The number of carbonyl (C=O) groups is 1. The second-order valence-electron chi connectivity index (χ2n) is 9.18. The van der Waals surface area contributed by atoms with Gasteiger partial charge >= 0.3 is 0 Å². The first-order chi connectivity index (χ1) is 15.5. The van der Waals surface area contributed by atoms with Crippen molar-refractivity contribution in [1.82, 2.24) is 19.8 Å². The van der Waals surface area contributed by atoms with Gasteiger partial charge in [-0.1, -0.05) is 6.07 Å². The molecule has 0 saturated carbocycles. The summed E-state index contributed by atoms with van der Waals surface area (Å²) in [6.45, 7) is 10.1. The van der Waals surface area contributed by atoms with Crippen LogP contribution in [0.15, 0.2) is 42.7 Å². The normalized spacial score (nSPS) is 20.9. The highest BCUT2D eigenvalue weighted by Gasteiger charge is 2.42. The molecule has 0 bridgehead atoms. The molecular weight excluding hydrogens is 402 g/mol. The van der Waals surface area contributed by atoms with E-state index in [2.05, 4.69) is 41.0 Å². The van der Waals surface area contributed by atoms with Gasteiger partial charge in [-0.05, 0) is 70.7 Å². The Morgan fingerprint density at radius 1 is 1.25 bits per heavy atom. The lowest BCUT2D eigenvalue weighted by atomic mass is 9.81. The van der Waals surface area contributed by atoms with Gasteiger partial charge in [-0.15, -0.1) is 0 Å². The molecule has 2 saturated heterocycles. The zero-order valence-corrected chi connectivity index (χ0v) is 19.5. The van der Waals surface area contributed by atoms with Gasteiger partial charge < -0.3 is 19.9 Å². The highest BCUT2D eigenvalue weighted by Crippen LogP contribution is 2.37. The zero-order chi connectivity index (χ0) is 22.6. The average Bonchev–Trinajstić information content (AvgIpc) is 2.81. The Morgan fingerprint density at radius 2 is 2.00 bits per heavy atom. The molecule has 7 heteroatoms. The van der Waals surface area contributed by atoms with Gasteiger partial charge in [-0.3, -0.25) is 4.79 Å². The molecule has 1 aromatic heterocycles. The predicted octanol–water partition coefficient (Wildman–Crippen LogP) is 4.10. The van der Waals surface area contributed by atoms with Crippen molar-refractivity contribution in [2.75, 3.05) is 31.6 Å². The number of nitrogens with one attached hydrogen (secondary N) is 1. The number of amides is 1. The van der Waals surface area contributed by atoms with E-state index in [1.807, 2.05) is 29.2 Å². The van der Waals surface area contributed by atoms with Crippen LogP contribution in [0.3, 0.4) is 0 Å². The van der Waals surface area contributed by atoms with Crippen LogP contribution in [0.1, 0.15) is 56.8 Å². The number of likely N-dealkylation sites (tertiary alicyclic amines) is 1. The van der Waals surface area contributed by atoms with Gasteiger partial charge in [-0.25, -0.2) is 9.97 Å². The minimum atomic E-state index is -0.0872. The minimum absolute atomic E-state index is 0.0757. The quantitative estimate of drug-likeness (QED) is 0.734. The Labute approximate surface area is 191 Å². The summed E-state index contributed by atoms with van der Waals surface area (Å²) in [6, 6.07) is 10.2. The summed E-state index contributed by atoms with van der Waals surface area (Å²) in [5.41, 5.74) is 1.40. The van der Waals surface area contributed by atoms with Gasteiger partial charge in [0.2, 0.25) is 5.95 Å². The van der Waals surface area contributed by atoms with Crippen molar-refractivity contribution in [1.29, 1.82) is 0 Å². The van der Waals surface area contributed by atoms with Crippen LogP contribution < -0.4 is 5.32 Å². The van der Waals surface area contributed by atoms with Crippen molar-refractivity contribution in [2.45, 2.75) is 64.1 Å². The largest absolute Gasteiger partial charge is 0.375 e. The Hall–Kier alpha value is -2.51. The fourth-order valence-corrected chi connectivity index (χ4v) is 5.02. The summed E-state index contributed by atoms with van der Waals surface area (Å²) < 4.78 is 6.34. The lowest BCUT2D eigenvalue weighted by Crippen LogP contribution is -2.55. The monoisotopic (exact) mass is 437 g/mol. The standard InChI is InChI=1S/C25H35N5O2/c1-4-30(22-9-16-32-25(18-22)10-14-29(15-11-25)19(2)3)23(31)20-7-5-8-21(17-20)28-24-26-12-6-13-27-24/h5-8,12-13,17,19,22H,4,9-11,14-16,18H2,1-3H3,(H,26,27,28)/t22-/m1/s1. The summed E-state index contributed by atoms with van der Waals surface area (Å²) in [4.78, 5) is 26.5. The lowest BCUT2D eigenvalue weighted by molar-refractivity contribution is -0.131. The van der Waals surface area contributed by atoms with E-state index in [9.17, 15) is 4.79 Å². The topological polar surface area (TPSA) is 70.6 Å². The van der Waals surface area contributed by atoms with E-state index in [1.54, 1.807) is 18.5 Å². The molecule has 2 fully saturated rings. The molecule has 7 nitrogen and oxygen atoms in total. The molecule has 32 heavy (non-hydrogen) atoms. The van der Waals surface area contributed by atoms with Gasteiger partial charge in [0.1, 0.15) is 0 Å². The molecule has 4 rings (SSSR count). The highest BCUT2D eigenvalue weighted by atomic mass is 16.5. The van der Waals surface area contributed by atoms with Crippen LogP contribution in [0, 0.1) is 0 Å². The van der Waals surface area contributed by atoms with Gasteiger partial charge in [0.25, 0.3) is 5.91 Å². The zero-order valence-electron chi connectivity index (χ0n) is 19.5. The molecule has 0 aliphatic carbocycles. The van der Waals surface area contributed by atoms with Gasteiger partial charge in [0.15, 0.2) is 0 Å². The molecule has 0 radical (unpaired) electrons. The number of benzene rings is 1. The van der Waals surface area contributed by atoms with E-state index in [4.69, 9.17) is 4.74 Å². The molecule has 1 aromatic carbocycles. The molecule has 0 unspecified atom stereocenters. The van der Waals surface area contributed by atoms with Crippen LogP contribution in [0.25, 0.3) is 0 Å². The van der Waals surface area contributed by atoms with Crippen LogP contribution in [0.4, 0.5) is 11.6 Å². The molecule has 1 amide bonds. The molecule has 1 N–H and O–H groups in total. The number of aromatic nitrogens is 2. The number of rotatable bonds is 6. The Balaban J connectivity index is 1.45. The summed E-state index contributed by atoms with van der Waals surface area (Å²) in [5, 5.41) is 3.18. The van der Waals surface area contributed by atoms with Gasteiger partial charge in [0, 0.05) is 62.0 Å². The molecule has 2 aliphatic rings. The number of piperidine rings is 1. The van der Waals surface area contributed by atoms with Crippen molar-refractivity contribution in [3.63, 3.8) is 0 Å². The van der Waals surface area contributed by atoms with Crippen LogP contribution in [-0.4, -0.2) is 69.6 Å². The molecule has 172 valence electrons. The van der Waals surface area contributed by atoms with Crippen molar-refractivity contribution in [3.05, 3.63) is 48.3 Å². The van der Waals surface area contributed by atoms with E-state index in [0.29, 0.717) is 24.1 Å². The fourth-order valence-electron chi connectivity index (χ4n) is 5.02. The van der Waals surface area contributed by atoms with Crippen molar-refractivity contribution >= 4 is 17.5 Å². The van der Waals surface area contributed by atoms with Gasteiger partial charge in [0.05, 0.1) is 5.60 Å². The maximum Gasteiger partial charge on any atom is 0.254 e. The maximum absolute atomic E-state index is 13.5. The van der Waals surface area contributed by atoms with Crippen LogP contribution in [0.2, 0.25) is 0 Å². The van der Waals surface area contributed by atoms with E-state index in [-0.39, 0.29) is 17.6 Å². The third-order valence-electron chi connectivity index (χ3n) is 6.88. The van der Waals surface area contributed by atoms with E-state index >= 15 is 0 Å². The summed E-state index contributed by atoms with van der Waals surface area (Å²) >= 11 is 0. The smallest absolute Gasteiger partial charge is 0.254 e. The van der Waals surface area contributed by atoms with Crippen LogP contribution in [0.5, 0.6) is 0 Å². The summed E-state index contributed by atoms with van der Waals surface area (Å²) in [6.07, 6.45) is 7.29. The Kier molecular flexibility index (Phi) is 7.06. The molecule has 2 aromatic rings. The molecule has 1 spiro atoms. The Bertz CT molecular complexity index is 896. The predicted molar refractivity (Wildman–Crippen MR) is 126 cm³/mol. The van der Waals surface area contributed by atoms with Crippen molar-refractivity contribution < 1.29 is 9.53 Å². The Morgan fingerprint density at radius 3 is 2.69 bits per heavy atom. The second kappa shape index (κ2) is 9.96. The van der Waals surface area contributed by atoms with E-state index in [1.165, 1.54) is 0 Å². The third kappa shape index (κ3) is 5.10. The molecule has 1 atom stereocenters. The maximum atomic E-state index is 13.5. The van der Waals surface area contributed by atoms with Crippen LogP contribution >= 0.6 is 0 Å². The van der Waals surface area contributed by atoms with Crippen LogP contribution in [-0.2, 0) is 4.74 Å². The number of hydrogen-bond donors (Lipinski definition) is 1. The molecule has 2 aliphatic heterocycles. The number of carbonyl (C=O) groups excluding carboxylic acids is 1. The molecule has 3 heterocycles. The average molecular weight is 438 g/mol. The second-order valence-corrected chi connectivity index (χ2v) is 9.18. The number of nitrogens with zero attached hydrogens (tertiary/aromatic N) is 4. The van der Waals surface area contributed by atoms with Crippen molar-refractivity contribution in [3.8, 4) is 0 Å². The van der Waals surface area contributed by atoms with E-state index < -0.39 is 0 Å². The highest BCUT2D eigenvalue weighted by molar-refractivity contribution is 5.95. The first-order valence-electron chi connectivity index (χ1n) is 11.8. The third-order valence-corrected chi connectivity index (χ3v) is 6.88. The van der Waals surface area contributed by atoms with E-state index in [0.717, 1.165) is 51.1 Å². The first-order valence-corrected chi connectivity index (χ1v) is 11.8. The van der Waals surface area contributed by atoms with Crippen molar-refractivity contribution in [2.24, 2.45) is 0 Å². The molecular formula is C25H35N5O2. The fraction of sp³-hybridized carbons (Fsp3) is 0.560. The summed E-state index contributed by atoms with van der Waals surface area (Å²) in [7, 11) is 0. The lowest BCUT2D eigenvalue weighted by Gasteiger charge is -2.49. The number of ether oxygens (including phenoxy) is 1. The van der Waals surface area contributed by atoms with Gasteiger partial charge in [-0.2, -0.15) is 0 Å².